The third-order valence-electron chi connectivity index (χ3n) is 1.74. The van der Waals surface area contributed by atoms with Crippen LogP contribution in [0, 0.1) is 0 Å². The van der Waals surface area contributed by atoms with Crippen LogP contribution < -0.4 is 0 Å². The van der Waals surface area contributed by atoms with Crippen molar-refractivity contribution in [3.05, 3.63) is 11.8 Å². The number of alkyl halides is 1. The van der Waals surface area contributed by atoms with E-state index in [1.165, 1.54) is 6.42 Å². The van der Waals surface area contributed by atoms with Crippen molar-refractivity contribution >= 4 is 19.9 Å². The molecule has 1 rings (SSSR count). The van der Waals surface area contributed by atoms with E-state index < -0.39 is 8.32 Å². The van der Waals surface area contributed by atoms with Crippen molar-refractivity contribution in [2.45, 2.75) is 44.3 Å². The fraction of sp³-hybridized carbons (Fsp3) is 0.778. The van der Waals surface area contributed by atoms with Gasteiger partial charge in [0.25, 0.3) is 0 Å². The molecule has 1 aliphatic rings. The van der Waals surface area contributed by atoms with Gasteiger partial charge in [0.1, 0.15) is 0 Å². The number of hydrogen-bond donors (Lipinski definition) is 0. The molecule has 3 heteroatoms. The molecule has 1 nitrogen and oxygen atoms in total. The molecule has 1 atom stereocenters. The molecule has 0 aromatic carbocycles. The van der Waals surface area contributed by atoms with Gasteiger partial charge in [0.15, 0.2) is 0 Å². The molecule has 0 amide bonds. The van der Waals surface area contributed by atoms with Crippen LogP contribution >= 0.6 is 11.6 Å². The predicted molar refractivity (Wildman–Crippen MR) is 56.0 cm³/mol. The lowest BCUT2D eigenvalue weighted by Crippen LogP contribution is -2.28. The van der Waals surface area contributed by atoms with E-state index in [1.54, 1.807) is 0 Å². The highest BCUT2D eigenvalue weighted by Crippen LogP contribution is 2.26. The van der Waals surface area contributed by atoms with Crippen LogP contribution in [-0.2, 0) is 4.43 Å². The van der Waals surface area contributed by atoms with Gasteiger partial charge in [-0.15, -0.1) is 11.6 Å². The molecule has 1 unspecified atom stereocenters. The molecule has 0 spiro atoms. The van der Waals surface area contributed by atoms with Crippen LogP contribution in [0.5, 0.6) is 0 Å². The van der Waals surface area contributed by atoms with Gasteiger partial charge >= 0.3 is 0 Å². The van der Waals surface area contributed by atoms with Crippen molar-refractivity contribution in [1.82, 2.24) is 0 Å². The maximum Gasteiger partial charge on any atom is 0.241 e. The highest BCUT2D eigenvalue weighted by Gasteiger charge is 2.23. The zero-order chi connectivity index (χ0) is 9.19. The van der Waals surface area contributed by atoms with Gasteiger partial charge in [-0.25, -0.2) is 0 Å². The van der Waals surface area contributed by atoms with Crippen molar-refractivity contribution in [1.29, 1.82) is 0 Å². The second-order valence-electron chi connectivity index (χ2n) is 4.22. The van der Waals surface area contributed by atoms with Gasteiger partial charge in [-0.05, 0) is 45.0 Å². The topological polar surface area (TPSA) is 9.23 Å². The normalized spacial score (nSPS) is 25.0. The minimum atomic E-state index is -1.44. The van der Waals surface area contributed by atoms with Crippen molar-refractivity contribution in [3.63, 3.8) is 0 Å². The molecule has 1 aliphatic carbocycles. The van der Waals surface area contributed by atoms with Crippen LogP contribution in [0.15, 0.2) is 11.8 Å². The zero-order valence-electron chi connectivity index (χ0n) is 8.06. The van der Waals surface area contributed by atoms with Gasteiger partial charge in [-0.1, -0.05) is 0 Å². The van der Waals surface area contributed by atoms with Gasteiger partial charge < -0.3 is 4.43 Å². The number of rotatable bonds is 2. The first-order valence-corrected chi connectivity index (χ1v) is 8.36. The van der Waals surface area contributed by atoms with Crippen molar-refractivity contribution < 1.29 is 4.43 Å². The van der Waals surface area contributed by atoms with Gasteiger partial charge in [-0.3, -0.25) is 0 Å². The second-order valence-corrected chi connectivity index (χ2v) is 9.18. The summed E-state index contributed by atoms with van der Waals surface area (Å²) < 4.78 is 5.86. The van der Waals surface area contributed by atoms with Gasteiger partial charge in [0.2, 0.25) is 8.32 Å². The highest BCUT2D eigenvalue weighted by molar-refractivity contribution is 6.70. The summed E-state index contributed by atoms with van der Waals surface area (Å²) in [6.45, 7) is 6.56. The van der Waals surface area contributed by atoms with Crippen LogP contribution in [0.1, 0.15) is 19.3 Å². The van der Waals surface area contributed by atoms with Crippen LogP contribution in [-0.4, -0.2) is 13.7 Å². The second kappa shape index (κ2) is 3.84. The van der Waals surface area contributed by atoms with E-state index in [1.807, 2.05) is 0 Å². The van der Waals surface area contributed by atoms with E-state index in [9.17, 15) is 0 Å². The molecule has 0 radical (unpaired) electrons. The third-order valence-corrected chi connectivity index (χ3v) is 3.02. The Labute approximate surface area is 80.9 Å². The summed E-state index contributed by atoms with van der Waals surface area (Å²) in [4.78, 5) is 0. The molecule has 0 N–H and O–H groups in total. The highest BCUT2D eigenvalue weighted by atomic mass is 35.5. The summed E-state index contributed by atoms with van der Waals surface area (Å²) in [5.41, 5.74) is 0. The summed E-state index contributed by atoms with van der Waals surface area (Å²) in [6.07, 6.45) is 5.55. The van der Waals surface area contributed by atoms with Crippen LogP contribution in [0.2, 0.25) is 19.6 Å². The van der Waals surface area contributed by atoms with Gasteiger partial charge in [-0.2, -0.15) is 0 Å². The van der Waals surface area contributed by atoms with E-state index in [0.717, 1.165) is 18.6 Å². The summed E-state index contributed by atoms with van der Waals surface area (Å²) in [5, 5.41) is 0.130. The summed E-state index contributed by atoms with van der Waals surface area (Å²) >= 11 is 6.12. The molecule has 0 saturated carbocycles. The van der Waals surface area contributed by atoms with E-state index >= 15 is 0 Å². The SMILES string of the molecule is C[Si](C)(C)OC1=CCCCC1Cl. The van der Waals surface area contributed by atoms with Crippen LogP contribution in [0.3, 0.4) is 0 Å². The Balaban J connectivity index is 2.55. The Bertz CT molecular complexity index is 183. The van der Waals surface area contributed by atoms with E-state index in [4.69, 9.17) is 16.0 Å². The molecule has 0 aliphatic heterocycles. The first kappa shape index (κ1) is 10.1. The zero-order valence-corrected chi connectivity index (χ0v) is 9.82. The smallest absolute Gasteiger partial charge is 0.241 e. The molecule has 0 fully saturated rings. The lowest BCUT2D eigenvalue weighted by atomic mass is 10.1. The average molecular weight is 205 g/mol. The van der Waals surface area contributed by atoms with Crippen molar-refractivity contribution in [2.75, 3.05) is 0 Å². The maximum atomic E-state index is 6.12. The Hall–Kier alpha value is 0.0469. The monoisotopic (exact) mass is 204 g/mol. The lowest BCUT2D eigenvalue weighted by Gasteiger charge is -2.27. The van der Waals surface area contributed by atoms with Crippen LogP contribution in [0.4, 0.5) is 0 Å². The molecule has 0 heterocycles. The largest absolute Gasteiger partial charge is 0.546 e. The summed E-state index contributed by atoms with van der Waals surface area (Å²) in [6, 6.07) is 0. The number of hydrogen-bond acceptors (Lipinski definition) is 1. The predicted octanol–water partition coefficient (Wildman–Crippen LogP) is 3.51. The Morgan fingerprint density at radius 1 is 1.50 bits per heavy atom. The van der Waals surface area contributed by atoms with Crippen molar-refractivity contribution in [2.24, 2.45) is 0 Å². The number of allylic oxidation sites excluding steroid dienone is 2. The summed E-state index contributed by atoms with van der Waals surface area (Å²) in [5.74, 6) is 1.03. The molecule has 0 bridgehead atoms. The first-order valence-electron chi connectivity index (χ1n) is 4.52. The number of halogens is 1. The first-order chi connectivity index (χ1) is 5.49. The molecular weight excluding hydrogens is 188 g/mol. The fourth-order valence-corrected chi connectivity index (χ4v) is 2.57. The maximum absolute atomic E-state index is 6.12. The molecule has 0 aromatic rings. The molecule has 0 saturated heterocycles. The average Bonchev–Trinajstić information content (AvgIpc) is 1.91. The summed E-state index contributed by atoms with van der Waals surface area (Å²) in [7, 11) is -1.44. The van der Waals surface area contributed by atoms with Gasteiger partial charge in [0, 0.05) is 0 Å². The Kier molecular flexibility index (Phi) is 3.24. The van der Waals surface area contributed by atoms with E-state index in [0.29, 0.717) is 0 Å². The van der Waals surface area contributed by atoms with Crippen molar-refractivity contribution in [3.8, 4) is 0 Å². The minimum Gasteiger partial charge on any atom is -0.546 e. The minimum absolute atomic E-state index is 0.130. The fourth-order valence-electron chi connectivity index (χ4n) is 1.27. The lowest BCUT2D eigenvalue weighted by molar-refractivity contribution is 0.383. The molecule has 12 heavy (non-hydrogen) atoms. The van der Waals surface area contributed by atoms with Gasteiger partial charge in [0.05, 0.1) is 11.1 Å². The third kappa shape index (κ3) is 3.19. The molecule has 70 valence electrons. The van der Waals surface area contributed by atoms with Crippen LogP contribution in [0.25, 0.3) is 0 Å². The standard InChI is InChI=1S/C9H17ClOSi/c1-12(2,3)11-9-7-5-4-6-8(9)10/h7-8H,4-6H2,1-3H3. The van der Waals surface area contributed by atoms with E-state index in [2.05, 4.69) is 25.7 Å². The van der Waals surface area contributed by atoms with E-state index in [-0.39, 0.29) is 5.38 Å². The molecule has 0 aromatic heterocycles. The quantitative estimate of drug-likeness (QED) is 0.494. The Morgan fingerprint density at radius 3 is 2.67 bits per heavy atom. The molecular formula is C9H17ClOSi. The Morgan fingerprint density at radius 2 is 2.17 bits per heavy atom.